The van der Waals surface area contributed by atoms with Crippen molar-refractivity contribution in [3.05, 3.63) is 77.9 Å². The molecule has 4 rings (SSSR count). The van der Waals surface area contributed by atoms with E-state index in [1.54, 1.807) is 23.0 Å². The molecule has 0 spiro atoms. The van der Waals surface area contributed by atoms with E-state index in [0.717, 1.165) is 16.7 Å². The molecule has 3 aromatic rings. The molecule has 3 heterocycles. The number of hydrogen-bond donors (Lipinski definition) is 0. The predicted molar refractivity (Wildman–Crippen MR) is 93.3 cm³/mol. The molecule has 6 nitrogen and oxygen atoms in total. The van der Waals surface area contributed by atoms with Gasteiger partial charge in [0.05, 0.1) is 6.20 Å². The molecule has 2 aromatic heterocycles. The van der Waals surface area contributed by atoms with Crippen LogP contribution in [0.1, 0.15) is 22.6 Å². The Morgan fingerprint density at radius 3 is 2.68 bits per heavy atom. The van der Waals surface area contributed by atoms with Gasteiger partial charge in [0.15, 0.2) is 0 Å². The lowest BCUT2D eigenvalue weighted by Gasteiger charge is -2.33. The Morgan fingerprint density at radius 2 is 1.96 bits per heavy atom. The second-order valence-electron chi connectivity index (χ2n) is 6.19. The fraction of sp³-hybridized carbons (Fsp3) is 0.222. The first-order chi connectivity index (χ1) is 12.1. The van der Waals surface area contributed by atoms with Gasteiger partial charge in [0.1, 0.15) is 4.90 Å². The number of aryl methyl sites for hydroxylation is 1. The summed E-state index contributed by atoms with van der Waals surface area (Å²) in [5.74, 6) is -0.0369. The third-order valence-electron chi connectivity index (χ3n) is 4.56. The van der Waals surface area contributed by atoms with E-state index in [1.165, 1.54) is 10.5 Å². The molecular formula is C18H18N4O2S. The lowest BCUT2D eigenvalue weighted by molar-refractivity contribution is 0.371. The lowest BCUT2D eigenvalue weighted by atomic mass is 9.87. The summed E-state index contributed by atoms with van der Waals surface area (Å²) in [5.41, 5.74) is 3.20. The Bertz CT molecular complexity index is 999. The van der Waals surface area contributed by atoms with E-state index in [1.807, 2.05) is 37.6 Å². The molecule has 1 atom stereocenters. The first kappa shape index (κ1) is 16.0. The zero-order valence-electron chi connectivity index (χ0n) is 13.8. The molecule has 0 radical (unpaired) electrons. The van der Waals surface area contributed by atoms with Gasteiger partial charge in [-0.05, 0) is 28.8 Å². The highest BCUT2D eigenvalue weighted by Crippen LogP contribution is 2.35. The highest BCUT2D eigenvalue weighted by atomic mass is 32.2. The van der Waals surface area contributed by atoms with Crippen LogP contribution in [0.3, 0.4) is 0 Å². The van der Waals surface area contributed by atoms with Crippen LogP contribution in [0.2, 0.25) is 0 Å². The van der Waals surface area contributed by atoms with E-state index >= 15 is 0 Å². The van der Waals surface area contributed by atoms with Crippen molar-refractivity contribution in [2.24, 2.45) is 7.05 Å². The van der Waals surface area contributed by atoms with Crippen LogP contribution in [0.15, 0.2) is 66.1 Å². The molecular weight excluding hydrogens is 336 g/mol. The number of pyridine rings is 1. The van der Waals surface area contributed by atoms with Gasteiger partial charge in [0, 0.05) is 44.6 Å². The summed E-state index contributed by atoms with van der Waals surface area (Å²) >= 11 is 0. The Labute approximate surface area is 146 Å². The fourth-order valence-electron chi connectivity index (χ4n) is 3.31. The van der Waals surface area contributed by atoms with Gasteiger partial charge in [-0.3, -0.25) is 9.67 Å². The van der Waals surface area contributed by atoms with Gasteiger partial charge in [-0.15, -0.1) is 0 Å². The minimum absolute atomic E-state index is 0.0369. The number of benzene rings is 1. The highest BCUT2D eigenvalue weighted by Gasteiger charge is 2.34. The predicted octanol–water partition coefficient (Wildman–Crippen LogP) is 2.15. The summed E-state index contributed by atoms with van der Waals surface area (Å²) in [4.78, 5) is 4.17. The molecule has 0 saturated carbocycles. The molecule has 0 unspecified atom stereocenters. The average molecular weight is 354 g/mol. The van der Waals surface area contributed by atoms with Crippen molar-refractivity contribution >= 4 is 10.0 Å². The van der Waals surface area contributed by atoms with Crippen LogP contribution in [0.5, 0.6) is 0 Å². The van der Waals surface area contributed by atoms with Crippen LogP contribution >= 0.6 is 0 Å². The number of fused-ring (bicyclic) bond motifs is 1. The van der Waals surface area contributed by atoms with Gasteiger partial charge < -0.3 is 0 Å². The van der Waals surface area contributed by atoms with E-state index in [2.05, 4.69) is 16.1 Å². The van der Waals surface area contributed by atoms with Crippen LogP contribution in [0, 0.1) is 0 Å². The minimum Gasteiger partial charge on any atom is -0.276 e. The number of aromatic nitrogens is 3. The first-order valence-electron chi connectivity index (χ1n) is 8.02. The normalized spacial score (nSPS) is 18.0. The van der Waals surface area contributed by atoms with Crippen molar-refractivity contribution < 1.29 is 8.42 Å². The third kappa shape index (κ3) is 2.85. The molecule has 7 heteroatoms. The van der Waals surface area contributed by atoms with Crippen LogP contribution < -0.4 is 0 Å². The van der Waals surface area contributed by atoms with E-state index in [0.29, 0.717) is 13.1 Å². The summed E-state index contributed by atoms with van der Waals surface area (Å²) in [6.45, 7) is 0.754. The maximum absolute atomic E-state index is 13.0. The van der Waals surface area contributed by atoms with Crippen molar-refractivity contribution in [3.63, 3.8) is 0 Å². The number of rotatable bonds is 3. The molecule has 0 amide bonds. The molecule has 0 bridgehead atoms. The Hall–Kier alpha value is -2.51. The topological polar surface area (TPSA) is 68.1 Å². The van der Waals surface area contributed by atoms with Crippen molar-refractivity contribution in [2.75, 3.05) is 6.54 Å². The maximum Gasteiger partial charge on any atom is 0.244 e. The first-order valence-corrected chi connectivity index (χ1v) is 9.46. The van der Waals surface area contributed by atoms with Crippen LogP contribution in [0.4, 0.5) is 0 Å². The third-order valence-corrected chi connectivity index (χ3v) is 6.36. The van der Waals surface area contributed by atoms with Gasteiger partial charge in [-0.1, -0.05) is 24.3 Å². The fourth-order valence-corrected chi connectivity index (χ4v) is 4.71. The SMILES string of the molecule is Cn1cc([C@@H]2CN(S(=O)(=O)c3cccnc3)Cc3ccccc32)cn1. The van der Waals surface area contributed by atoms with Crippen molar-refractivity contribution in [2.45, 2.75) is 17.4 Å². The Kier molecular flexibility index (Phi) is 3.89. The summed E-state index contributed by atoms with van der Waals surface area (Å²) in [5, 5.41) is 4.25. The zero-order valence-corrected chi connectivity index (χ0v) is 14.6. The maximum atomic E-state index is 13.0. The number of hydrogen-bond acceptors (Lipinski definition) is 4. The Balaban J connectivity index is 1.78. The molecule has 1 aliphatic heterocycles. The summed E-state index contributed by atoms with van der Waals surface area (Å²) in [6, 6.07) is 11.2. The van der Waals surface area contributed by atoms with E-state index in [4.69, 9.17) is 0 Å². The number of sulfonamides is 1. The molecule has 1 aromatic carbocycles. The van der Waals surface area contributed by atoms with Crippen LogP contribution in [-0.4, -0.2) is 34.0 Å². The molecule has 0 fully saturated rings. The second-order valence-corrected chi connectivity index (χ2v) is 8.12. The van der Waals surface area contributed by atoms with Gasteiger partial charge in [0.2, 0.25) is 10.0 Å². The summed E-state index contributed by atoms with van der Waals surface area (Å²) in [6.07, 6.45) is 6.72. The number of nitrogens with zero attached hydrogens (tertiary/aromatic N) is 4. The molecule has 0 N–H and O–H groups in total. The second kappa shape index (κ2) is 6.09. The molecule has 128 valence electrons. The van der Waals surface area contributed by atoms with E-state index in [-0.39, 0.29) is 10.8 Å². The van der Waals surface area contributed by atoms with Crippen LogP contribution in [-0.2, 0) is 23.6 Å². The smallest absolute Gasteiger partial charge is 0.244 e. The molecule has 1 aliphatic rings. The van der Waals surface area contributed by atoms with Gasteiger partial charge in [-0.2, -0.15) is 9.40 Å². The molecule has 0 aliphatic carbocycles. The summed E-state index contributed by atoms with van der Waals surface area (Å²) < 4.78 is 29.4. The lowest BCUT2D eigenvalue weighted by Crippen LogP contribution is -2.38. The monoisotopic (exact) mass is 354 g/mol. The average Bonchev–Trinajstić information content (AvgIpc) is 3.07. The molecule has 25 heavy (non-hydrogen) atoms. The van der Waals surface area contributed by atoms with Crippen molar-refractivity contribution in [1.29, 1.82) is 0 Å². The van der Waals surface area contributed by atoms with Gasteiger partial charge >= 0.3 is 0 Å². The minimum atomic E-state index is -3.60. The van der Waals surface area contributed by atoms with Crippen LogP contribution in [0.25, 0.3) is 0 Å². The highest BCUT2D eigenvalue weighted by molar-refractivity contribution is 7.89. The van der Waals surface area contributed by atoms with Crippen molar-refractivity contribution in [3.8, 4) is 0 Å². The zero-order chi connectivity index (χ0) is 17.4. The summed E-state index contributed by atoms with van der Waals surface area (Å²) in [7, 11) is -1.73. The largest absolute Gasteiger partial charge is 0.276 e. The van der Waals surface area contributed by atoms with Crippen molar-refractivity contribution in [1.82, 2.24) is 19.1 Å². The van der Waals surface area contributed by atoms with E-state index < -0.39 is 10.0 Å². The molecule has 0 saturated heterocycles. The van der Waals surface area contributed by atoms with Gasteiger partial charge in [0.25, 0.3) is 0 Å². The Morgan fingerprint density at radius 1 is 1.12 bits per heavy atom. The van der Waals surface area contributed by atoms with Gasteiger partial charge in [-0.25, -0.2) is 8.42 Å². The quantitative estimate of drug-likeness (QED) is 0.723. The van der Waals surface area contributed by atoms with E-state index in [9.17, 15) is 8.42 Å². The standard InChI is InChI=1S/C18H18N4O2S/c1-21-11-15(9-20-21)18-13-22(12-14-5-2-3-7-17(14)18)25(23,24)16-6-4-8-19-10-16/h2-11,18H,12-13H2,1H3/t18-/m0/s1.